The zero-order valence-corrected chi connectivity index (χ0v) is 14.4. The smallest absolute Gasteiger partial charge is 0.269 e. The lowest BCUT2D eigenvalue weighted by Gasteiger charge is -2.10. The summed E-state index contributed by atoms with van der Waals surface area (Å²) >= 11 is 0. The number of nitrogens with zero attached hydrogens (tertiary/aromatic N) is 6. The van der Waals surface area contributed by atoms with E-state index in [1.54, 1.807) is 26.0 Å². The molecular formula is C17H14N6O4. The molecule has 10 heteroatoms. The number of pyridine rings is 1. The first-order valence-electron chi connectivity index (χ1n) is 7.88. The molecular weight excluding hydrogens is 352 g/mol. The van der Waals surface area contributed by atoms with Crippen LogP contribution in [0.3, 0.4) is 0 Å². The lowest BCUT2D eigenvalue weighted by Crippen LogP contribution is -2.34. The molecule has 3 rings (SSSR count). The Hall–Kier alpha value is -3.82. The van der Waals surface area contributed by atoms with Gasteiger partial charge in [0.2, 0.25) is 0 Å². The molecule has 0 spiro atoms. The first kappa shape index (κ1) is 18.0. The number of aromatic nitrogens is 1. The van der Waals surface area contributed by atoms with Crippen LogP contribution in [0.1, 0.15) is 22.8 Å². The number of imide groups is 1. The van der Waals surface area contributed by atoms with Crippen LogP contribution in [0.4, 0.5) is 11.4 Å². The molecule has 10 nitrogen and oxygen atoms in total. The number of rotatable bonds is 4. The zero-order valence-electron chi connectivity index (χ0n) is 14.4. The average Bonchev–Trinajstić information content (AvgIpc) is 2.95. The molecule has 136 valence electrons. The lowest BCUT2D eigenvalue weighted by atomic mass is 10.2. The highest BCUT2D eigenvalue weighted by atomic mass is 16.6. The first-order chi connectivity index (χ1) is 12.9. The Morgan fingerprint density at radius 2 is 1.93 bits per heavy atom. The lowest BCUT2D eigenvalue weighted by molar-refractivity contribution is -0.385. The van der Waals surface area contributed by atoms with Crippen molar-refractivity contribution < 1.29 is 14.5 Å². The summed E-state index contributed by atoms with van der Waals surface area (Å²) in [7, 11) is 0. The molecule has 1 atom stereocenters. The largest absolute Gasteiger partial charge is 0.282 e. The molecule has 1 aromatic carbocycles. The van der Waals surface area contributed by atoms with Crippen LogP contribution in [0.5, 0.6) is 0 Å². The van der Waals surface area contributed by atoms with Crippen molar-refractivity contribution in [2.24, 2.45) is 15.3 Å². The third kappa shape index (κ3) is 3.59. The normalized spacial score (nSPS) is 16.7. The van der Waals surface area contributed by atoms with Gasteiger partial charge in [-0.05, 0) is 32.0 Å². The Balaban J connectivity index is 1.81. The number of azo groups is 1. The van der Waals surface area contributed by atoms with Gasteiger partial charge in [0, 0.05) is 29.6 Å². The maximum absolute atomic E-state index is 12.5. The molecule has 2 aromatic rings. The molecule has 1 aliphatic heterocycles. The van der Waals surface area contributed by atoms with E-state index in [1.807, 2.05) is 0 Å². The van der Waals surface area contributed by atoms with Crippen molar-refractivity contribution in [1.29, 1.82) is 0 Å². The summed E-state index contributed by atoms with van der Waals surface area (Å²) in [5.41, 5.74) is 1.19. The molecule has 0 saturated heterocycles. The van der Waals surface area contributed by atoms with Crippen LogP contribution < -0.4 is 0 Å². The van der Waals surface area contributed by atoms with E-state index in [0.717, 1.165) is 5.01 Å². The van der Waals surface area contributed by atoms with Crippen molar-refractivity contribution in [3.05, 3.63) is 64.0 Å². The maximum atomic E-state index is 12.5. The number of hydrazone groups is 1. The second-order valence-electron chi connectivity index (χ2n) is 5.78. The molecule has 27 heavy (non-hydrogen) atoms. The van der Waals surface area contributed by atoms with Gasteiger partial charge in [-0.15, -0.1) is 0 Å². The standard InChI is InChI=1S/C17H14N6O4/c1-10-3-4-13(9-14(10)23(26)27)19-20-15-11(2)21-22(17(15)25)16(24)12-5-7-18-8-6-12/h3-9,15H,1-2H3. The van der Waals surface area contributed by atoms with E-state index in [1.165, 1.54) is 30.6 Å². The number of amides is 2. The van der Waals surface area contributed by atoms with E-state index < -0.39 is 22.8 Å². The topological polar surface area (TPSA) is 130 Å². The van der Waals surface area contributed by atoms with Gasteiger partial charge in [-0.3, -0.25) is 24.7 Å². The maximum Gasteiger partial charge on any atom is 0.282 e. The minimum absolute atomic E-state index is 0.0934. The summed E-state index contributed by atoms with van der Waals surface area (Å²) in [6, 6.07) is 6.25. The third-order valence-electron chi connectivity index (χ3n) is 3.89. The number of carbonyl (C=O) groups excluding carboxylic acids is 2. The molecule has 1 aromatic heterocycles. The van der Waals surface area contributed by atoms with Crippen LogP contribution in [-0.2, 0) is 4.79 Å². The number of benzene rings is 1. The van der Waals surface area contributed by atoms with Crippen molar-refractivity contribution >= 4 is 28.9 Å². The molecule has 0 bridgehead atoms. The Bertz CT molecular complexity index is 986. The molecule has 1 unspecified atom stereocenters. The predicted molar refractivity (Wildman–Crippen MR) is 94.7 cm³/mol. The van der Waals surface area contributed by atoms with Gasteiger partial charge in [0.15, 0.2) is 6.04 Å². The number of nitro benzene ring substituents is 1. The van der Waals surface area contributed by atoms with Crippen molar-refractivity contribution in [2.75, 3.05) is 0 Å². The summed E-state index contributed by atoms with van der Waals surface area (Å²) in [5.74, 6) is -1.23. The fourth-order valence-electron chi connectivity index (χ4n) is 2.43. The van der Waals surface area contributed by atoms with Gasteiger partial charge >= 0.3 is 0 Å². The van der Waals surface area contributed by atoms with Crippen molar-refractivity contribution in [3.8, 4) is 0 Å². The highest BCUT2D eigenvalue weighted by molar-refractivity contribution is 6.18. The Morgan fingerprint density at radius 1 is 1.22 bits per heavy atom. The fourth-order valence-corrected chi connectivity index (χ4v) is 2.43. The number of aryl methyl sites for hydroxylation is 1. The monoisotopic (exact) mass is 366 g/mol. The Labute approximate surface area is 153 Å². The number of hydrogen-bond donors (Lipinski definition) is 0. The fraction of sp³-hybridized carbons (Fsp3) is 0.176. The van der Waals surface area contributed by atoms with Gasteiger partial charge in [-0.1, -0.05) is 6.07 Å². The summed E-state index contributed by atoms with van der Waals surface area (Å²) in [6.07, 6.45) is 2.87. The predicted octanol–water partition coefficient (Wildman–Crippen LogP) is 2.81. The van der Waals surface area contributed by atoms with Crippen LogP contribution in [0.2, 0.25) is 0 Å². The quantitative estimate of drug-likeness (QED) is 0.355. The SMILES string of the molecule is CC1=NN(C(=O)c2ccncc2)C(=O)C1N=Nc1ccc(C)c([N+](=O)[O-])c1. The zero-order chi connectivity index (χ0) is 19.6. The van der Waals surface area contributed by atoms with Crippen LogP contribution >= 0.6 is 0 Å². The molecule has 0 radical (unpaired) electrons. The van der Waals surface area contributed by atoms with E-state index in [-0.39, 0.29) is 16.9 Å². The molecule has 2 heterocycles. The van der Waals surface area contributed by atoms with E-state index in [9.17, 15) is 19.7 Å². The molecule has 0 saturated carbocycles. The van der Waals surface area contributed by atoms with Crippen molar-refractivity contribution in [1.82, 2.24) is 9.99 Å². The van der Waals surface area contributed by atoms with Gasteiger partial charge in [0.05, 0.1) is 16.3 Å². The van der Waals surface area contributed by atoms with Gasteiger partial charge in [0.25, 0.3) is 17.5 Å². The number of hydrogen-bond acceptors (Lipinski definition) is 8. The third-order valence-corrected chi connectivity index (χ3v) is 3.89. The highest BCUT2D eigenvalue weighted by Crippen LogP contribution is 2.25. The van der Waals surface area contributed by atoms with E-state index >= 15 is 0 Å². The summed E-state index contributed by atoms with van der Waals surface area (Å²) in [4.78, 5) is 39.2. The van der Waals surface area contributed by atoms with E-state index in [0.29, 0.717) is 11.3 Å². The summed E-state index contributed by atoms with van der Waals surface area (Å²) in [5, 5.41) is 23.6. The van der Waals surface area contributed by atoms with Crippen LogP contribution in [0.25, 0.3) is 0 Å². The molecule has 0 fully saturated rings. The molecule has 1 aliphatic rings. The van der Waals surface area contributed by atoms with Gasteiger partial charge < -0.3 is 0 Å². The number of nitro groups is 1. The minimum atomic E-state index is -1.06. The van der Waals surface area contributed by atoms with Gasteiger partial charge in [-0.2, -0.15) is 20.3 Å². The Morgan fingerprint density at radius 3 is 2.59 bits per heavy atom. The molecule has 2 amide bonds. The van der Waals surface area contributed by atoms with Crippen molar-refractivity contribution in [3.63, 3.8) is 0 Å². The van der Waals surface area contributed by atoms with Crippen LogP contribution in [0, 0.1) is 17.0 Å². The highest BCUT2D eigenvalue weighted by Gasteiger charge is 2.38. The average molecular weight is 366 g/mol. The van der Waals surface area contributed by atoms with Crippen molar-refractivity contribution in [2.45, 2.75) is 19.9 Å². The van der Waals surface area contributed by atoms with E-state index in [2.05, 4.69) is 20.3 Å². The summed E-state index contributed by atoms with van der Waals surface area (Å²) < 4.78 is 0. The minimum Gasteiger partial charge on any atom is -0.269 e. The summed E-state index contributed by atoms with van der Waals surface area (Å²) in [6.45, 7) is 3.16. The first-order valence-corrected chi connectivity index (χ1v) is 7.88. The molecule has 0 aliphatic carbocycles. The second-order valence-corrected chi connectivity index (χ2v) is 5.78. The van der Waals surface area contributed by atoms with Gasteiger partial charge in [0.1, 0.15) is 0 Å². The van der Waals surface area contributed by atoms with Crippen LogP contribution in [0.15, 0.2) is 58.1 Å². The molecule has 0 N–H and O–H groups in total. The van der Waals surface area contributed by atoms with Gasteiger partial charge in [-0.25, -0.2) is 0 Å². The number of carbonyl (C=O) groups is 2. The Kier molecular flexibility index (Phi) is 4.79. The van der Waals surface area contributed by atoms with E-state index in [4.69, 9.17) is 0 Å². The van der Waals surface area contributed by atoms with Crippen LogP contribution in [-0.4, -0.2) is 38.5 Å². The second kappa shape index (κ2) is 7.20.